The zero-order valence-corrected chi connectivity index (χ0v) is 11.2. The Morgan fingerprint density at radius 3 is 2.94 bits per heavy atom. The fourth-order valence-corrected chi connectivity index (χ4v) is 2.89. The first-order valence-corrected chi connectivity index (χ1v) is 6.70. The summed E-state index contributed by atoms with van der Waals surface area (Å²) in [7, 11) is 0. The van der Waals surface area contributed by atoms with Crippen LogP contribution in [0.1, 0.15) is 24.8 Å². The van der Waals surface area contributed by atoms with E-state index >= 15 is 0 Å². The average Bonchev–Trinajstić information content (AvgIpc) is 2.76. The first kappa shape index (κ1) is 12.4. The van der Waals surface area contributed by atoms with Crippen molar-refractivity contribution in [2.45, 2.75) is 25.3 Å². The Morgan fingerprint density at radius 1 is 1.47 bits per heavy atom. The third-order valence-corrected chi connectivity index (χ3v) is 4.06. The minimum atomic E-state index is 0.472. The summed E-state index contributed by atoms with van der Waals surface area (Å²) in [6, 6.07) is 8.36. The highest BCUT2D eigenvalue weighted by Crippen LogP contribution is 2.29. The van der Waals surface area contributed by atoms with Gasteiger partial charge in [-0.1, -0.05) is 6.42 Å². The molecule has 2 unspecified atom stereocenters. The van der Waals surface area contributed by atoms with Gasteiger partial charge in [0.2, 0.25) is 0 Å². The molecule has 4 heteroatoms. The first-order valence-electron chi connectivity index (χ1n) is 5.91. The quantitative estimate of drug-likeness (QED) is 0.901. The van der Waals surface area contributed by atoms with Gasteiger partial charge in [0.1, 0.15) is 6.07 Å². The molecule has 0 saturated heterocycles. The molecule has 90 valence electrons. The Labute approximate surface area is 110 Å². The van der Waals surface area contributed by atoms with Gasteiger partial charge in [0.15, 0.2) is 0 Å². The largest absolute Gasteiger partial charge is 0.382 e. The maximum atomic E-state index is 8.86. The number of nitrogens with zero attached hydrogens (tertiary/aromatic N) is 1. The number of nitrogens with one attached hydrogen (secondary N) is 1. The van der Waals surface area contributed by atoms with Crippen molar-refractivity contribution in [3.63, 3.8) is 0 Å². The topological polar surface area (TPSA) is 61.8 Å². The maximum Gasteiger partial charge on any atom is 0.100 e. The SMILES string of the molecule is N#Cc1ccc(NC2CCCC2CN)cc1Br. The fraction of sp³-hybridized carbons (Fsp3) is 0.462. The Hall–Kier alpha value is -1.05. The van der Waals surface area contributed by atoms with E-state index in [4.69, 9.17) is 11.0 Å². The molecule has 3 nitrogen and oxygen atoms in total. The summed E-state index contributed by atoms with van der Waals surface area (Å²) >= 11 is 3.40. The number of nitriles is 1. The number of rotatable bonds is 3. The third kappa shape index (κ3) is 2.80. The van der Waals surface area contributed by atoms with E-state index in [1.54, 1.807) is 0 Å². The van der Waals surface area contributed by atoms with Crippen LogP contribution in [0.5, 0.6) is 0 Å². The van der Waals surface area contributed by atoms with Crippen LogP contribution in [0.15, 0.2) is 22.7 Å². The van der Waals surface area contributed by atoms with Crippen molar-refractivity contribution in [1.29, 1.82) is 5.26 Å². The Morgan fingerprint density at radius 2 is 2.29 bits per heavy atom. The molecule has 2 rings (SSSR count). The summed E-state index contributed by atoms with van der Waals surface area (Å²) in [5.41, 5.74) is 7.48. The molecule has 0 bridgehead atoms. The van der Waals surface area contributed by atoms with E-state index in [0.29, 0.717) is 17.5 Å². The van der Waals surface area contributed by atoms with Crippen molar-refractivity contribution in [2.75, 3.05) is 11.9 Å². The predicted molar refractivity (Wildman–Crippen MR) is 72.7 cm³/mol. The number of halogens is 1. The van der Waals surface area contributed by atoms with Crippen LogP contribution in [0.4, 0.5) is 5.69 Å². The summed E-state index contributed by atoms with van der Waals surface area (Å²) < 4.78 is 0.840. The van der Waals surface area contributed by atoms with Gasteiger partial charge in [-0.15, -0.1) is 0 Å². The molecular formula is C13H16BrN3. The minimum Gasteiger partial charge on any atom is -0.382 e. The molecule has 1 saturated carbocycles. The Bertz CT molecular complexity index is 439. The molecule has 1 aliphatic carbocycles. The second-order valence-electron chi connectivity index (χ2n) is 4.48. The summed E-state index contributed by atoms with van der Waals surface area (Å²) in [6.07, 6.45) is 3.64. The summed E-state index contributed by atoms with van der Waals surface area (Å²) in [4.78, 5) is 0. The maximum absolute atomic E-state index is 8.86. The van der Waals surface area contributed by atoms with E-state index in [0.717, 1.165) is 16.7 Å². The molecule has 2 atom stereocenters. The van der Waals surface area contributed by atoms with E-state index in [-0.39, 0.29) is 0 Å². The number of hydrogen-bond donors (Lipinski definition) is 2. The van der Waals surface area contributed by atoms with Crippen molar-refractivity contribution in [3.05, 3.63) is 28.2 Å². The highest BCUT2D eigenvalue weighted by Gasteiger charge is 2.25. The van der Waals surface area contributed by atoms with E-state index in [9.17, 15) is 0 Å². The molecule has 0 radical (unpaired) electrons. The molecule has 1 fully saturated rings. The van der Waals surface area contributed by atoms with Gasteiger partial charge >= 0.3 is 0 Å². The summed E-state index contributed by atoms with van der Waals surface area (Å²) in [5.74, 6) is 0.574. The highest BCUT2D eigenvalue weighted by molar-refractivity contribution is 9.10. The number of anilines is 1. The molecule has 0 aliphatic heterocycles. The zero-order chi connectivity index (χ0) is 12.3. The molecular weight excluding hydrogens is 278 g/mol. The molecule has 1 aliphatic rings. The first-order chi connectivity index (χ1) is 8.24. The Balaban J connectivity index is 2.09. The van der Waals surface area contributed by atoms with Crippen molar-refractivity contribution in [3.8, 4) is 6.07 Å². The van der Waals surface area contributed by atoms with Crippen LogP contribution < -0.4 is 11.1 Å². The molecule has 1 aromatic rings. The van der Waals surface area contributed by atoms with Gasteiger partial charge in [0, 0.05) is 16.2 Å². The fourth-order valence-electron chi connectivity index (χ4n) is 2.42. The lowest BCUT2D eigenvalue weighted by atomic mass is 10.0. The normalized spacial score (nSPS) is 23.4. The Kier molecular flexibility index (Phi) is 4.03. The lowest BCUT2D eigenvalue weighted by Gasteiger charge is -2.20. The van der Waals surface area contributed by atoms with Crippen molar-refractivity contribution in [1.82, 2.24) is 0 Å². The van der Waals surface area contributed by atoms with Crippen LogP contribution >= 0.6 is 15.9 Å². The van der Waals surface area contributed by atoms with Gasteiger partial charge in [-0.05, 0) is 59.4 Å². The molecule has 0 amide bonds. The van der Waals surface area contributed by atoms with Gasteiger partial charge in [-0.2, -0.15) is 5.26 Å². The van der Waals surface area contributed by atoms with Gasteiger partial charge < -0.3 is 11.1 Å². The second kappa shape index (κ2) is 5.52. The highest BCUT2D eigenvalue weighted by atomic mass is 79.9. The smallest absolute Gasteiger partial charge is 0.100 e. The van der Waals surface area contributed by atoms with Crippen molar-refractivity contribution in [2.24, 2.45) is 11.7 Å². The number of nitrogens with two attached hydrogens (primary N) is 1. The van der Waals surface area contributed by atoms with E-state index < -0.39 is 0 Å². The molecule has 0 spiro atoms. The van der Waals surface area contributed by atoms with E-state index in [2.05, 4.69) is 27.3 Å². The van der Waals surface area contributed by atoms with Gasteiger partial charge in [0.25, 0.3) is 0 Å². The van der Waals surface area contributed by atoms with Crippen molar-refractivity contribution >= 4 is 21.6 Å². The predicted octanol–water partition coefficient (Wildman–Crippen LogP) is 2.86. The second-order valence-corrected chi connectivity index (χ2v) is 5.34. The molecule has 1 aromatic carbocycles. The van der Waals surface area contributed by atoms with Gasteiger partial charge in [-0.3, -0.25) is 0 Å². The number of hydrogen-bond acceptors (Lipinski definition) is 3. The lowest BCUT2D eigenvalue weighted by molar-refractivity contribution is 0.516. The molecule has 0 aromatic heterocycles. The average molecular weight is 294 g/mol. The lowest BCUT2D eigenvalue weighted by Crippen LogP contribution is -2.29. The monoisotopic (exact) mass is 293 g/mol. The van der Waals surface area contributed by atoms with Crippen LogP contribution in [0.2, 0.25) is 0 Å². The standard InChI is InChI=1S/C13H16BrN3/c14-12-6-11(5-4-9(12)7-15)17-13-3-1-2-10(13)8-16/h4-6,10,13,17H,1-3,8,16H2. The summed E-state index contributed by atoms with van der Waals surface area (Å²) in [5, 5.41) is 12.4. The third-order valence-electron chi connectivity index (χ3n) is 3.40. The van der Waals surface area contributed by atoms with Crippen LogP contribution in [-0.4, -0.2) is 12.6 Å². The zero-order valence-electron chi connectivity index (χ0n) is 9.62. The van der Waals surface area contributed by atoms with E-state index in [1.807, 2.05) is 18.2 Å². The summed E-state index contributed by atoms with van der Waals surface area (Å²) in [6.45, 7) is 0.745. The molecule has 17 heavy (non-hydrogen) atoms. The minimum absolute atomic E-state index is 0.472. The van der Waals surface area contributed by atoms with Crippen molar-refractivity contribution < 1.29 is 0 Å². The number of benzene rings is 1. The molecule has 3 N–H and O–H groups in total. The van der Waals surface area contributed by atoms with Crippen LogP contribution in [0.25, 0.3) is 0 Å². The van der Waals surface area contributed by atoms with Crippen LogP contribution in [0.3, 0.4) is 0 Å². The van der Waals surface area contributed by atoms with Gasteiger partial charge in [-0.25, -0.2) is 0 Å². The van der Waals surface area contributed by atoms with Crippen LogP contribution in [-0.2, 0) is 0 Å². The van der Waals surface area contributed by atoms with Crippen LogP contribution in [0, 0.1) is 17.2 Å². The van der Waals surface area contributed by atoms with E-state index in [1.165, 1.54) is 19.3 Å². The molecule has 0 heterocycles. The van der Waals surface area contributed by atoms with Gasteiger partial charge in [0.05, 0.1) is 5.56 Å².